The second-order valence-corrected chi connectivity index (χ2v) is 7.47. The van der Waals surface area contributed by atoms with Gasteiger partial charge in [-0.2, -0.15) is 9.97 Å². The lowest BCUT2D eigenvalue weighted by Gasteiger charge is -2.22. The summed E-state index contributed by atoms with van der Waals surface area (Å²) in [4.78, 5) is 27.5. The summed E-state index contributed by atoms with van der Waals surface area (Å²) in [6.07, 6.45) is 7.77. The van der Waals surface area contributed by atoms with E-state index in [1.807, 2.05) is 0 Å². The fourth-order valence-electron chi connectivity index (χ4n) is 3.11. The molecule has 33 heavy (non-hydrogen) atoms. The van der Waals surface area contributed by atoms with Crippen LogP contribution in [0.5, 0.6) is 11.5 Å². The van der Waals surface area contributed by atoms with Crippen LogP contribution in [0.1, 0.15) is 46.0 Å². The number of nitrogen functional groups attached to an aromatic ring is 2. The number of aromatic nitrogens is 4. The monoisotopic (exact) mass is 464 g/mol. The van der Waals surface area contributed by atoms with Crippen molar-refractivity contribution in [3.63, 3.8) is 0 Å². The van der Waals surface area contributed by atoms with Gasteiger partial charge in [0.25, 0.3) is 0 Å². The van der Waals surface area contributed by atoms with E-state index in [1.54, 1.807) is 14.2 Å². The highest BCUT2D eigenvalue weighted by atomic mass is 17.2. The number of anilines is 4. The van der Waals surface area contributed by atoms with Gasteiger partial charge in [0, 0.05) is 0 Å². The predicted molar refractivity (Wildman–Crippen MR) is 127 cm³/mol. The van der Waals surface area contributed by atoms with Crippen molar-refractivity contribution < 1.29 is 19.2 Å². The minimum atomic E-state index is -0.0537. The molecule has 2 atom stereocenters. The van der Waals surface area contributed by atoms with Gasteiger partial charge in [-0.15, -0.1) is 0 Å². The number of unbranched alkanes of at least 4 members (excludes halogenated alkanes) is 1. The number of nitrogens with zero attached hydrogens (tertiary/aromatic N) is 4. The summed E-state index contributed by atoms with van der Waals surface area (Å²) in [5.74, 6) is 2.39. The zero-order valence-electron chi connectivity index (χ0n) is 19.8. The zero-order chi connectivity index (χ0) is 24.1. The molecule has 0 spiro atoms. The smallest absolute Gasteiger partial charge is 0.222 e. The highest BCUT2D eigenvalue weighted by Gasteiger charge is 2.17. The molecule has 0 aromatic carbocycles. The molecule has 2 rings (SSSR count). The fourth-order valence-corrected chi connectivity index (χ4v) is 3.11. The molecule has 184 valence electrons. The average molecular weight is 465 g/mol. The highest BCUT2D eigenvalue weighted by Crippen LogP contribution is 2.24. The number of hydrogen-bond acceptors (Lipinski definition) is 12. The first kappa shape index (κ1) is 26.1. The lowest BCUT2D eigenvalue weighted by atomic mass is 10.1. The van der Waals surface area contributed by atoms with Crippen LogP contribution in [0.15, 0.2) is 12.4 Å². The number of rotatable bonds is 16. The quantitative estimate of drug-likeness (QED) is 0.163. The number of nitrogens with one attached hydrogen (secondary N) is 2. The minimum Gasteiger partial charge on any atom is -0.491 e. The molecule has 12 nitrogen and oxygen atoms in total. The summed E-state index contributed by atoms with van der Waals surface area (Å²) in [5, 5.41) is 6.62. The normalized spacial score (nSPS) is 12.7. The van der Waals surface area contributed by atoms with Crippen LogP contribution in [0.4, 0.5) is 23.5 Å². The molecule has 0 radical (unpaired) electrons. The summed E-state index contributed by atoms with van der Waals surface area (Å²) in [7, 11) is 3.11. The van der Waals surface area contributed by atoms with Gasteiger partial charge in [0.05, 0.1) is 38.7 Å². The topological polar surface area (TPSA) is 165 Å². The van der Waals surface area contributed by atoms with Crippen LogP contribution in [0.3, 0.4) is 0 Å². The predicted octanol–water partition coefficient (Wildman–Crippen LogP) is 2.65. The molecule has 2 heterocycles. The number of nitrogens with two attached hydrogens (primary N) is 2. The summed E-state index contributed by atoms with van der Waals surface area (Å²) in [5.41, 5.74) is 11.4. The first-order valence-electron chi connectivity index (χ1n) is 11.1. The van der Waals surface area contributed by atoms with Gasteiger partial charge in [-0.1, -0.05) is 33.1 Å². The molecular formula is C21H36N8O4. The Hall–Kier alpha value is -3.12. The SMILES string of the molecule is CCCC[C@H](COOC[C@@H](CCC)Nc1nc(N)ncc1OC)Nc1nc(N)ncc1OC. The van der Waals surface area contributed by atoms with Crippen molar-refractivity contribution in [1.29, 1.82) is 0 Å². The van der Waals surface area contributed by atoms with Crippen molar-refractivity contribution in [2.24, 2.45) is 0 Å². The van der Waals surface area contributed by atoms with Gasteiger partial charge in [-0.05, 0) is 12.8 Å². The van der Waals surface area contributed by atoms with Gasteiger partial charge in [0.15, 0.2) is 23.1 Å². The van der Waals surface area contributed by atoms with Gasteiger partial charge >= 0.3 is 0 Å². The zero-order valence-corrected chi connectivity index (χ0v) is 19.8. The molecule has 0 unspecified atom stereocenters. The van der Waals surface area contributed by atoms with Crippen molar-refractivity contribution in [3.8, 4) is 11.5 Å². The Morgan fingerprint density at radius 1 is 0.788 bits per heavy atom. The van der Waals surface area contributed by atoms with E-state index in [9.17, 15) is 0 Å². The lowest BCUT2D eigenvalue weighted by molar-refractivity contribution is -0.297. The molecule has 0 bridgehead atoms. The molecule has 6 N–H and O–H groups in total. The van der Waals surface area contributed by atoms with E-state index in [1.165, 1.54) is 12.4 Å². The molecule has 2 aromatic heterocycles. The summed E-state index contributed by atoms with van der Waals surface area (Å²) >= 11 is 0. The van der Waals surface area contributed by atoms with E-state index >= 15 is 0 Å². The van der Waals surface area contributed by atoms with Crippen LogP contribution in [0.2, 0.25) is 0 Å². The van der Waals surface area contributed by atoms with Crippen molar-refractivity contribution in [3.05, 3.63) is 12.4 Å². The molecule has 12 heteroatoms. The van der Waals surface area contributed by atoms with Crippen molar-refractivity contribution >= 4 is 23.5 Å². The van der Waals surface area contributed by atoms with Gasteiger partial charge in [0.1, 0.15) is 13.2 Å². The van der Waals surface area contributed by atoms with Crippen molar-refractivity contribution in [2.45, 2.75) is 58.0 Å². The van der Waals surface area contributed by atoms with Gasteiger partial charge in [0.2, 0.25) is 11.9 Å². The van der Waals surface area contributed by atoms with E-state index in [0.29, 0.717) is 36.3 Å². The van der Waals surface area contributed by atoms with Crippen LogP contribution in [0, 0.1) is 0 Å². The number of methoxy groups -OCH3 is 2. The number of ether oxygens (including phenoxy) is 2. The largest absolute Gasteiger partial charge is 0.491 e. The van der Waals surface area contributed by atoms with Crippen LogP contribution in [0.25, 0.3) is 0 Å². The first-order valence-corrected chi connectivity index (χ1v) is 11.1. The summed E-state index contributed by atoms with van der Waals surface area (Å²) in [6.45, 7) is 4.85. The maximum absolute atomic E-state index is 5.73. The third-order valence-corrected chi connectivity index (χ3v) is 4.83. The Kier molecular flexibility index (Phi) is 11.2. The standard InChI is InChI=1S/C21H36N8O4/c1-5-7-9-15(27-19-17(31-4)11-25-21(23)29-19)13-33-32-12-14(8-6-2)26-18-16(30-3)10-24-20(22)28-18/h10-11,14-15H,5-9,12-13H2,1-4H3,(H3,22,24,26,28)(H3,23,25,27,29)/t14-,15-/m1/s1. The van der Waals surface area contributed by atoms with Crippen LogP contribution in [-0.4, -0.2) is 59.5 Å². The molecular weight excluding hydrogens is 428 g/mol. The molecule has 0 amide bonds. The Bertz CT molecular complexity index is 842. The van der Waals surface area contributed by atoms with Gasteiger partial charge < -0.3 is 31.6 Å². The maximum atomic E-state index is 5.73. The third-order valence-electron chi connectivity index (χ3n) is 4.83. The average Bonchev–Trinajstić information content (AvgIpc) is 2.80. The van der Waals surface area contributed by atoms with Crippen LogP contribution < -0.4 is 31.6 Å². The van der Waals surface area contributed by atoms with E-state index in [4.69, 9.17) is 30.7 Å². The maximum Gasteiger partial charge on any atom is 0.222 e. The molecule has 0 fully saturated rings. The second-order valence-electron chi connectivity index (χ2n) is 7.47. The van der Waals surface area contributed by atoms with Crippen molar-refractivity contribution in [2.75, 3.05) is 49.5 Å². The summed E-state index contributed by atoms with van der Waals surface area (Å²) < 4.78 is 10.6. The minimum absolute atomic E-state index is 0.0486. The Morgan fingerprint density at radius 3 is 1.70 bits per heavy atom. The Balaban J connectivity index is 1.93. The lowest BCUT2D eigenvalue weighted by Crippen LogP contribution is -2.30. The fraction of sp³-hybridized carbons (Fsp3) is 0.619. The van der Waals surface area contributed by atoms with Crippen molar-refractivity contribution in [1.82, 2.24) is 19.9 Å². The molecule has 0 aliphatic carbocycles. The molecule has 0 saturated heterocycles. The third kappa shape index (κ3) is 8.73. The summed E-state index contributed by atoms with van der Waals surface area (Å²) in [6, 6.07) is -0.102. The van der Waals surface area contributed by atoms with Crippen LogP contribution >= 0.6 is 0 Å². The van der Waals surface area contributed by atoms with E-state index in [2.05, 4.69) is 44.4 Å². The number of hydrogen-bond donors (Lipinski definition) is 4. The molecule has 0 saturated carbocycles. The highest BCUT2D eigenvalue weighted by molar-refractivity contribution is 5.52. The second kappa shape index (κ2) is 14.1. The van der Waals surface area contributed by atoms with Gasteiger partial charge in [-0.3, -0.25) is 0 Å². The van der Waals surface area contributed by atoms with E-state index in [0.717, 1.165) is 32.1 Å². The van der Waals surface area contributed by atoms with Crippen LogP contribution in [-0.2, 0) is 9.78 Å². The molecule has 2 aromatic rings. The van der Waals surface area contributed by atoms with E-state index in [-0.39, 0.29) is 24.0 Å². The van der Waals surface area contributed by atoms with Gasteiger partial charge in [-0.25, -0.2) is 19.7 Å². The Morgan fingerprint density at radius 2 is 1.27 bits per heavy atom. The molecule has 0 aliphatic rings. The van der Waals surface area contributed by atoms with E-state index < -0.39 is 0 Å². The Labute approximate surface area is 194 Å². The molecule has 0 aliphatic heterocycles. The first-order chi connectivity index (χ1) is 16.0.